The van der Waals surface area contributed by atoms with Gasteiger partial charge in [-0.05, 0) is 31.9 Å². The summed E-state index contributed by atoms with van der Waals surface area (Å²) >= 11 is 6.19. The molecule has 3 nitrogen and oxygen atoms in total. The van der Waals surface area contributed by atoms with E-state index >= 15 is 0 Å². The molecule has 0 aliphatic carbocycles. The van der Waals surface area contributed by atoms with E-state index in [0.29, 0.717) is 0 Å². The molecule has 2 aromatic rings. The summed E-state index contributed by atoms with van der Waals surface area (Å²) in [5.74, 6) is 0. The van der Waals surface area contributed by atoms with Crippen molar-refractivity contribution in [3.63, 3.8) is 0 Å². The highest BCUT2D eigenvalue weighted by atomic mass is 35.5. The molecule has 1 N–H and O–H groups in total. The molecule has 19 heavy (non-hydrogen) atoms. The Morgan fingerprint density at radius 2 is 2.05 bits per heavy atom. The van der Waals surface area contributed by atoms with Crippen LogP contribution in [0.2, 0.25) is 5.02 Å². The second-order valence-corrected chi connectivity index (χ2v) is 5.13. The Labute approximate surface area is 119 Å². The lowest BCUT2D eigenvalue weighted by Gasteiger charge is -2.17. The third kappa shape index (κ3) is 3.58. The van der Waals surface area contributed by atoms with Gasteiger partial charge in [-0.1, -0.05) is 41.9 Å². The van der Waals surface area contributed by atoms with Crippen molar-refractivity contribution in [1.29, 1.82) is 0 Å². The van der Waals surface area contributed by atoms with Crippen molar-refractivity contribution in [2.75, 3.05) is 7.05 Å². The lowest BCUT2D eigenvalue weighted by atomic mass is 10.0. The van der Waals surface area contributed by atoms with Gasteiger partial charge in [0.25, 0.3) is 0 Å². The summed E-state index contributed by atoms with van der Waals surface area (Å²) in [5, 5.41) is 8.26. The number of nitrogens with zero attached hydrogens (tertiary/aromatic N) is 2. The maximum atomic E-state index is 6.19. The minimum Gasteiger partial charge on any atom is -0.312 e. The molecule has 1 aromatic heterocycles. The van der Waals surface area contributed by atoms with Crippen molar-refractivity contribution in [2.24, 2.45) is 7.05 Å². The number of nitrogens with one attached hydrogen (secondary N) is 1. The van der Waals surface area contributed by atoms with Gasteiger partial charge in [-0.2, -0.15) is 5.10 Å². The summed E-state index contributed by atoms with van der Waals surface area (Å²) in [4.78, 5) is 0. The molecule has 0 bridgehead atoms. The SMILES string of the molecule is CNC(CCCc1ccccc1)c1c(Cl)cnn1C. The van der Waals surface area contributed by atoms with Crippen LogP contribution in [0.15, 0.2) is 36.5 Å². The molecule has 0 radical (unpaired) electrons. The fourth-order valence-electron chi connectivity index (χ4n) is 2.38. The van der Waals surface area contributed by atoms with Crippen LogP contribution in [0.25, 0.3) is 0 Å². The molecule has 4 heteroatoms. The first-order chi connectivity index (χ1) is 9.22. The molecule has 2 rings (SSSR count). The van der Waals surface area contributed by atoms with Crippen molar-refractivity contribution in [3.05, 3.63) is 52.8 Å². The lowest BCUT2D eigenvalue weighted by Crippen LogP contribution is -2.20. The summed E-state index contributed by atoms with van der Waals surface area (Å²) in [6.07, 6.45) is 4.97. The predicted octanol–water partition coefficient (Wildman–Crippen LogP) is 3.36. The molecule has 0 aliphatic heterocycles. The van der Waals surface area contributed by atoms with Gasteiger partial charge in [-0.3, -0.25) is 4.68 Å². The monoisotopic (exact) mass is 277 g/mol. The molecule has 1 aromatic carbocycles. The van der Waals surface area contributed by atoms with Crippen LogP contribution >= 0.6 is 11.6 Å². The predicted molar refractivity (Wildman–Crippen MR) is 79.4 cm³/mol. The van der Waals surface area contributed by atoms with E-state index < -0.39 is 0 Å². The number of aromatic nitrogens is 2. The Morgan fingerprint density at radius 1 is 1.32 bits per heavy atom. The molecule has 1 heterocycles. The van der Waals surface area contributed by atoms with E-state index in [1.165, 1.54) is 5.56 Å². The Morgan fingerprint density at radius 3 is 2.63 bits per heavy atom. The second kappa shape index (κ2) is 6.73. The number of rotatable bonds is 6. The van der Waals surface area contributed by atoms with Gasteiger partial charge in [0, 0.05) is 7.05 Å². The fourth-order valence-corrected chi connectivity index (χ4v) is 2.68. The molecule has 0 spiro atoms. The fraction of sp³-hybridized carbons (Fsp3) is 0.400. The Bertz CT molecular complexity index is 488. The van der Waals surface area contributed by atoms with Gasteiger partial charge in [0.1, 0.15) is 0 Å². The molecule has 1 atom stereocenters. The van der Waals surface area contributed by atoms with Gasteiger partial charge in [0.2, 0.25) is 0 Å². The highest BCUT2D eigenvalue weighted by Crippen LogP contribution is 2.25. The summed E-state index contributed by atoms with van der Waals surface area (Å²) in [7, 11) is 3.90. The summed E-state index contributed by atoms with van der Waals surface area (Å²) in [5.41, 5.74) is 2.45. The van der Waals surface area contributed by atoms with Crippen LogP contribution in [0.5, 0.6) is 0 Å². The van der Waals surface area contributed by atoms with Crippen LogP contribution in [-0.4, -0.2) is 16.8 Å². The van der Waals surface area contributed by atoms with Crippen molar-refractivity contribution in [1.82, 2.24) is 15.1 Å². The first kappa shape index (κ1) is 14.1. The van der Waals surface area contributed by atoms with E-state index in [-0.39, 0.29) is 6.04 Å². The maximum absolute atomic E-state index is 6.19. The number of aryl methyl sites for hydroxylation is 2. The van der Waals surface area contributed by atoms with Gasteiger partial charge in [-0.15, -0.1) is 0 Å². The number of hydrogen-bond donors (Lipinski definition) is 1. The van der Waals surface area contributed by atoms with E-state index in [1.54, 1.807) is 6.20 Å². The summed E-state index contributed by atoms with van der Waals surface area (Å²) < 4.78 is 1.85. The van der Waals surface area contributed by atoms with Crippen molar-refractivity contribution >= 4 is 11.6 Å². The number of benzene rings is 1. The third-order valence-corrected chi connectivity index (χ3v) is 3.71. The summed E-state index contributed by atoms with van der Waals surface area (Å²) in [6.45, 7) is 0. The van der Waals surface area contributed by atoms with Gasteiger partial charge >= 0.3 is 0 Å². The Kier molecular flexibility index (Phi) is 5.00. The highest BCUT2D eigenvalue weighted by molar-refractivity contribution is 6.31. The number of hydrogen-bond acceptors (Lipinski definition) is 2. The highest BCUT2D eigenvalue weighted by Gasteiger charge is 2.16. The average molecular weight is 278 g/mol. The smallest absolute Gasteiger partial charge is 0.0833 e. The van der Waals surface area contributed by atoms with Crippen LogP contribution in [-0.2, 0) is 13.5 Å². The average Bonchev–Trinajstić information content (AvgIpc) is 2.76. The van der Waals surface area contributed by atoms with Crippen LogP contribution in [0.1, 0.15) is 30.1 Å². The minimum absolute atomic E-state index is 0.253. The van der Waals surface area contributed by atoms with Gasteiger partial charge in [-0.25, -0.2) is 0 Å². The van der Waals surface area contributed by atoms with Crippen molar-refractivity contribution < 1.29 is 0 Å². The molecule has 0 saturated carbocycles. The Hall–Kier alpha value is -1.32. The first-order valence-electron chi connectivity index (χ1n) is 6.61. The molecular formula is C15H20ClN3. The van der Waals surface area contributed by atoms with Crippen LogP contribution in [0.4, 0.5) is 0 Å². The molecule has 102 valence electrons. The van der Waals surface area contributed by atoms with Crippen LogP contribution < -0.4 is 5.32 Å². The Balaban J connectivity index is 1.94. The molecule has 0 saturated heterocycles. The second-order valence-electron chi connectivity index (χ2n) is 4.72. The third-order valence-electron chi connectivity index (χ3n) is 3.42. The topological polar surface area (TPSA) is 29.9 Å². The summed E-state index contributed by atoms with van der Waals surface area (Å²) in [6, 6.07) is 10.8. The lowest BCUT2D eigenvalue weighted by molar-refractivity contribution is 0.491. The van der Waals surface area contributed by atoms with E-state index in [2.05, 4.69) is 40.7 Å². The zero-order valence-corrected chi connectivity index (χ0v) is 12.2. The molecule has 0 amide bonds. The maximum Gasteiger partial charge on any atom is 0.0833 e. The van der Waals surface area contributed by atoms with E-state index in [4.69, 9.17) is 11.6 Å². The quantitative estimate of drug-likeness (QED) is 0.877. The van der Waals surface area contributed by atoms with Gasteiger partial charge in [0.15, 0.2) is 0 Å². The first-order valence-corrected chi connectivity index (χ1v) is 6.98. The normalized spacial score (nSPS) is 12.6. The van der Waals surface area contributed by atoms with Crippen molar-refractivity contribution in [2.45, 2.75) is 25.3 Å². The zero-order valence-electron chi connectivity index (χ0n) is 11.4. The van der Waals surface area contributed by atoms with Crippen LogP contribution in [0.3, 0.4) is 0 Å². The van der Waals surface area contributed by atoms with Gasteiger partial charge < -0.3 is 5.32 Å². The number of halogens is 1. The zero-order chi connectivity index (χ0) is 13.7. The molecule has 1 unspecified atom stereocenters. The minimum atomic E-state index is 0.253. The van der Waals surface area contributed by atoms with E-state index in [0.717, 1.165) is 30.0 Å². The molecule has 0 fully saturated rings. The molecule has 0 aliphatic rings. The largest absolute Gasteiger partial charge is 0.312 e. The van der Waals surface area contributed by atoms with E-state index in [1.807, 2.05) is 18.8 Å². The van der Waals surface area contributed by atoms with Crippen molar-refractivity contribution in [3.8, 4) is 0 Å². The molecular weight excluding hydrogens is 258 g/mol. The van der Waals surface area contributed by atoms with Gasteiger partial charge in [0.05, 0.1) is 23.0 Å². The van der Waals surface area contributed by atoms with E-state index in [9.17, 15) is 0 Å². The van der Waals surface area contributed by atoms with Crippen LogP contribution in [0, 0.1) is 0 Å². The standard InChI is InChI=1S/C15H20ClN3/c1-17-14(15-13(16)11-18-19(15)2)10-6-9-12-7-4-3-5-8-12/h3-5,7-8,11,14,17H,6,9-10H2,1-2H3.